The number of rotatable bonds is 5. The summed E-state index contributed by atoms with van der Waals surface area (Å²) in [6.45, 7) is 3.68. The van der Waals surface area contributed by atoms with E-state index in [1.807, 2.05) is 6.92 Å². The van der Waals surface area contributed by atoms with E-state index in [2.05, 4.69) is 0 Å². The van der Waals surface area contributed by atoms with E-state index < -0.39 is 17.4 Å². The molecule has 0 spiro atoms. The van der Waals surface area contributed by atoms with Crippen LogP contribution in [0.5, 0.6) is 0 Å². The van der Waals surface area contributed by atoms with Crippen LogP contribution in [0.1, 0.15) is 39.5 Å². The summed E-state index contributed by atoms with van der Waals surface area (Å²) in [5.41, 5.74) is 5.32. The van der Waals surface area contributed by atoms with Gasteiger partial charge in [-0.2, -0.15) is 0 Å². The minimum atomic E-state index is -1.14. The van der Waals surface area contributed by atoms with Crippen LogP contribution in [0.25, 0.3) is 0 Å². The third kappa shape index (κ3) is 2.39. The van der Waals surface area contributed by atoms with Crippen LogP contribution in [0.4, 0.5) is 0 Å². The molecular formula is C13H19NO4. The minimum Gasteiger partial charge on any atom is -0.481 e. The van der Waals surface area contributed by atoms with Crippen LogP contribution in [0, 0.1) is 5.41 Å². The highest BCUT2D eigenvalue weighted by molar-refractivity contribution is 5.91. The van der Waals surface area contributed by atoms with E-state index in [1.54, 1.807) is 6.92 Å². The van der Waals surface area contributed by atoms with E-state index in [0.29, 0.717) is 12.0 Å². The Morgan fingerprint density at radius 3 is 2.50 bits per heavy atom. The summed E-state index contributed by atoms with van der Waals surface area (Å²) in [6.07, 6.45) is 3.49. The van der Waals surface area contributed by atoms with Crippen molar-refractivity contribution in [3.63, 3.8) is 0 Å². The summed E-state index contributed by atoms with van der Waals surface area (Å²) in [4.78, 5) is 22.7. The van der Waals surface area contributed by atoms with Gasteiger partial charge in [0, 0.05) is 12.1 Å². The molecule has 0 saturated heterocycles. The molecule has 0 radical (unpaired) electrons. The van der Waals surface area contributed by atoms with Crippen molar-refractivity contribution in [3.05, 3.63) is 22.9 Å². The van der Waals surface area contributed by atoms with Crippen LogP contribution in [0.15, 0.2) is 22.9 Å². The molecule has 1 unspecified atom stereocenters. The van der Waals surface area contributed by atoms with Gasteiger partial charge >= 0.3 is 11.9 Å². The monoisotopic (exact) mass is 253 g/mol. The van der Waals surface area contributed by atoms with Crippen LogP contribution in [0.2, 0.25) is 0 Å². The molecule has 0 amide bonds. The number of carboxylic acids is 2. The summed E-state index contributed by atoms with van der Waals surface area (Å²) in [5, 5.41) is 18.5. The summed E-state index contributed by atoms with van der Waals surface area (Å²) in [6, 6.07) is 0. The molecule has 4 N–H and O–H groups in total. The van der Waals surface area contributed by atoms with Crippen LogP contribution in [0.3, 0.4) is 0 Å². The highest BCUT2D eigenvalue weighted by Gasteiger charge is 2.44. The predicted octanol–water partition coefficient (Wildman–Crippen LogP) is 1.90. The number of hydrogen-bond acceptors (Lipinski definition) is 3. The summed E-state index contributed by atoms with van der Waals surface area (Å²) >= 11 is 0. The van der Waals surface area contributed by atoms with Crippen LogP contribution in [-0.4, -0.2) is 22.2 Å². The first-order valence-electron chi connectivity index (χ1n) is 5.99. The first-order chi connectivity index (χ1) is 8.35. The lowest BCUT2D eigenvalue weighted by molar-refractivity contribution is -0.147. The molecule has 0 bridgehead atoms. The Balaban J connectivity index is 3.20. The Kier molecular flexibility index (Phi) is 4.16. The maximum absolute atomic E-state index is 11.6. The normalized spacial score (nSPS) is 23.8. The van der Waals surface area contributed by atoms with Gasteiger partial charge in [0.2, 0.25) is 0 Å². The molecule has 0 aromatic heterocycles. The van der Waals surface area contributed by atoms with Gasteiger partial charge in [-0.1, -0.05) is 25.3 Å². The lowest BCUT2D eigenvalue weighted by atomic mass is 9.69. The first kappa shape index (κ1) is 14.3. The number of carbonyl (C=O) groups is 2. The average molecular weight is 253 g/mol. The number of hydrogen-bond donors (Lipinski definition) is 3. The first-order valence-corrected chi connectivity index (χ1v) is 5.99. The standard InChI is InChI=1S/C13H19NO4/c1-3-4-5-13(12(17)18)7-9(11(15)16)10(14)6-8(13)2/h6H,3-5,7,14H2,1-2H3,(H,15,16)(H,17,18). The third-order valence-electron chi connectivity index (χ3n) is 3.58. The summed E-state index contributed by atoms with van der Waals surface area (Å²) in [5.74, 6) is -2.12. The fourth-order valence-corrected chi connectivity index (χ4v) is 2.32. The third-order valence-corrected chi connectivity index (χ3v) is 3.58. The van der Waals surface area contributed by atoms with Crippen molar-refractivity contribution in [1.29, 1.82) is 0 Å². The molecule has 1 aliphatic rings. The predicted molar refractivity (Wildman–Crippen MR) is 66.8 cm³/mol. The summed E-state index contributed by atoms with van der Waals surface area (Å²) < 4.78 is 0. The number of nitrogens with two attached hydrogens (primary N) is 1. The van der Waals surface area contributed by atoms with E-state index in [0.717, 1.165) is 12.8 Å². The quantitative estimate of drug-likeness (QED) is 0.694. The second kappa shape index (κ2) is 5.25. The van der Waals surface area contributed by atoms with Crippen molar-refractivity contribution < 1.29 is 19.8 Å². The Bertz CT molecular complexity index is 436. The van der Waals surface area contributed by atoms with Crippen LogP contribution >= 0.6 is 0 Å². The van der Waals surface area contributed by atoms with Crippen LogP contribution in [-0.2, 0) is 9.59 Å². The number of unbranched alkanes of at least 4 members (excludes halogenated alkanes) is 1. The number of aliphatic carboxylic acids is 2. The molecule has 5 nitrogen and oxygen atoms in total. The molecule has 0 fully saturated rings. The molecule has 0 heterocycles. The molecule has 5 heteroatoms. The Morgan fingerprint density at radius 2 is 2.06 bits per heavy atom. The largest absolute Gasteiger partial charge is 0.481 e. The minimum absolute atomic E-state index is 0.000830. The second-order valence-electron chi connectivity index (χ2n) is 4.73. The molecule has 100 valence electrons. The molecule has 1 atom stereocenters. The summed E-state index contributed by atoms with van der Waals surface area (Å²) in [7, 11) is 0. The van der Waals surface area contributed by atoms with E-state index in [9.17, 15) is 14.7 Å². The Labute approximate surface area is 106 Å². The highest BCUT2D eigenvalue weighted by Crippen LogP contribution is 2.43. The zero-order valence-electron chi connectivity index (χ0n) is 10.7. The maximum Gasteiger partial charge on any atom is 0.333 e. The van der Waals surface area contributed by atoms with Gasteiger partial charge in [-0.05, 0) is 19.4 Å². The fraction of sp³-hybridized carbons (Fsp3) is 0.538. The van der Waals surface area contributed by atoms with Gasteiger partial charge in [0.05, 0.1) is 11.0 Å². The van der Waals surface area contributed by atoms with Gasteiger partial charge in [-0.15, -0.1) is 0 Å². The van der Waals surface area contributed by atoms with Gasteiger partial charge < -0.3 is 15.9 Å². The van der Waals surface area contributed by atoms with E-state index >= 15 is 0 Å². The van der Waals surface area contributed by atoms with Gasteiger partial charge in [0.1, 0.15) is 0 Å². The Morgan fingerprint density at radius 1 is 1.44 bits per heavy atom. The molecule has 18 heavy (non-hydrogen) atoms. The smallest absolute Gasteiger partial charge is 0.333 e. The molecule has 0 saturated carbocycles. The lowest BCUT2D eigenvalue weighted by Gasteiger charge is -2.34. The van der Waals surface area contributed by atoms with E-state index in [4.69, 9.17) is 10.8 Å². The van der Waals surface area contributed by atoms with Gasteiger partial charge in [-0.3, -0.25) is 4.79 Å². The van der Waals surface area contributed by atoms with Crippen molar-refractivity contribution in [2.45, 2.75) is 39.5 Å². The zero-order valence-corrected chi connectivity index (χ0v) is 10.7. The molecule has 0 aromatic carbocycles. The van der Waals surface area contributed by atoms with Crippen molar-refractivity contribution in [1.82, 2.24) is 0 Å². The van der Waals surface area contributed by atoms with Crippen molar-refractivity contribution in [2.75, 3.05) is 0 Å². The van der Waals surface area contributed by atoms with E-state index in [1.165, 1.54) is 6.08 Å². The van der Waals surface area contributed by atoms with Gasteiger partial charge in [0.25, 0.3) is 0 Å². The topological polar surface area (TPSA) is 101 Å². The van der Waals surface area contributed by atoms with Crippen molar-refractivity contribution in [3.8, 4) is 0 Å². The van der Waals surface area contributed by atoms with Gasteiger partial charge in [0.15, 0.2) is 0 Å². The molecule has 1 aliphatic carbocycles. The molecular weight excluding hydrogens is 234 g/mol. The van der Waals surface area contributed by atoms with Crippen molar-refractivity contribution >= 4 is 11.9 Å². The second-order valence-corrected chi connectivity index (χ2v) is 4.73. The maximum atomic E-state index is 11.6. The number of allylic oxidation sites excluding steroid dienone is 1. The fourth-order valence-electron chi connectivity index (χ4n) is 2.32. The zero-order chi connectivity index (χ0) is 13.9. The SMILES string of the molecule is CCCCC1(C(=O)O)CC(C(=O)O)=C(N)C=C1C. The molecule has 0 aromatic rings. The van der Waals surface area contributed by atoms with Gasteiger partial charge in [-0.25, -0.2) is 4.79 Å². The highest BCUT2D eigenvalue weighted by atomic mass is 16.4. The van der Waals surface area contributed by atoms with Crippen molar-refractivity contribution in [2.24, 2.45) is 11.1 Å². The Hall–Kier alpha value is -1.78. The van der Waals surface area contributed by atoms with E-state index in [-0.39, 0.29) is 17.7 Å². The molecule has 0 aliphatic heterocycles. The molecule has 1 rings (SSSR count). The van der Waals surface area contributed by atoms with Crippen LogP contribution < -0.4 is 5.73 Å². The lowest BCUT2D eigenvalue weighted by Crippen LogP contribution is -2.37. The number of carboxylic acid groups (broad SMARTS) is 2. The average Bonchev–Trinajstić information content (AvgIpc) is 2.27.